The van der Waals surface area contributed by atoms with E-state index in [1.165, 1.54) is 36.8 Å². The summed E-state index contributed by atoms with van der Waals surface area (Å²) in [6, 6.07) is 6.77. The molecule has 0 atom stereocenters. The maximum atomic E-state index is 4.97. The number of nitrogens with zero attached hydrogens (tertiary/aromatic N) is 7. The van der Waals surface area contributed by atoms with Gasteiger partial charge in [0.25, 0.3) is 0 Å². The maximum absolute atomic E-state index is 4.97. The molecule has 0 amide bonds. The lowest BCUT2D eigenvalue weighted by molar-refractivity contribution is 0.271. The molecule has 0 spiro atoms. The number of nitrogens with one attached hydrogen (secondary N) is 1. The molecule has 1 aliphatic heterocycles. The lowest BCUT2D eigenvalue weighted by atomic mass is 10.2. The third-order valence-corrected chi connectivity index (χ3v) is 7.85. The zero-order valence-electron chi connectivity index (χ0n) is 19.4. The van der Waals surface area contributed by atoms with Gasteiger partial charge in [-0.2, -0.15) is 4.98 Å². The molecule has 2 fully saturated rings. The van der Waals surface area contributed by atoms with Crippen molar-refractivity contribution in [3.63, 3.8) is 0 Å². The number of hydrogen-bond acceptors (Lipinski definition) is 7. The molecule has 4 aromatic heterocycles. The van der Waals surface area contributed by atoms with E-state index in [1.807, 2.05) is 24.7 Å². The molecule has 1 N–H and O–H groups in total. The van der Waals surface area contributed by atoms with Gasteiger partial charge in [0.1, 0.15) is 15.2 Å². The van der Waals surface area contributed by atoms with Gasteiger partial charge in [-0.15, -0.1) is 0 Å². The van der Waals surface area contributed by atoms with Crippen molar-refractivity contribution in [3.8, 4) is 0 Å². The average Bonchev–Trinajstić information content (AvgIpc) is 3.50. The van der Waals surface area contributed by atoms with E-state index in [9.17, 15) is 0 Å². The van der Waals surface area contributed by atoms with E-state index in [1.54, 1.807) is 0 Å². The van der Waals surface area contributed by atoms with E-state index in [4.69, 9.17) is 4.98 Å². The molecular formula is C25H29IN8. The maximum Gasteiger partial charge on any atom is 0.230 e. The van der Waals surface area contributed by atoms with E-state index in [0.717, 1.165) is 58.8 Å². The van der Waals surface area contributed by atoms with Crippen LogP contribution in [0.25, 0.3) is 21.9 Å². The first-order valence-corrected chi connectivity index (χ1v) is 13.3. The second-order valence-electron chi connectivity index (χ2n) is 9.21. The van der Waals surface area contributed by atoms with Crippen LogP contribution in [0, 0.1) is 3.70 Å². The summed E-state index contributed by atoms with van der Waals surface area (Å²) in [4.78, 5) is 23.7. The lowest BCUT2D eigenvalue weighted by Crippen LogP contribution is -2.46. The summed E-state index contributed by atoms with van der Waals surface area (Å²) in [5.41, 5.74) is 3.30. The highest BCUT2D eigenvalue weighted by atomic mass is 127. The van der Waals surface area contributed by atoms with Crippen LogP contribution in [-0.2, 0) is 0 Å². The zero-order chi connectivity index (χ0) is 23.1. The highest BCUT2D eigenvalue weighted by molar-refractivity contribution is 14.1. The summed E-state index contributed by atoms with van der Waals surface area (Å²) in [6.07, 6.45) is 10.8. The molecule has 0 unspecified atom stereocenters. The summed E-state index contributed by atoms with van der Waals surface area (Å²) in [5.74, 6) is 1.34. The topological polar surface area (TPSA) is 75.0 Å². The van der Waals surface area contributed by atoms with Crippen molar-refractivity contribution in [1.29, 1.82) is 0 Å². The number of rotatable bonds is 5. The van der Waals surface area contributed by atoms with Crippen LogP contribution >= 0.6 is 22.6 Å². The minimum absolute atomic E-state index is 0.468. The Morgan fingerprint density at radius 1 is 0.971 bits per heavy atom. The Bertz CT molecular complexity index is 1300. The molecule has 0 radical (unpaired) electrons. The smallest absolute Gasteiger partial charge is 0.230 e. The first kappa shape index (κ1) is 22.0. The van der Waals surface area contributed by atoms with Crippen molar-refractivity contribution in [3.05, 3.63) is 40.5 Å². The fraction of sp³-hybridized carbons (Fsp3) is 0.440. The van der Waals surface area contributed by atoms with Crippen molar-refractivity contribution >= 4 is 62.0 Å². The number of halogens is 1. The summed E-state index contributed by atoms with van der Waals surface area (Å²) >= 11 is 2.27. The summed E-state index contributed by atoms with van der Waals surface area (Å²) in [6.45, 7) is 7.64. The molecule has 4 aromatic rings. The van der Waals surface area contributed by atoms with Crippen molar-refractivity contribution in [2.24, 2.45) is 0 Å². The summed E-state index contributed by atoms with van der Waals surface area (Å²) < 4.78 is 3.37. The quantitative estimate of drug-likeness (QED) is 0.269. The fourth-order valence-corrected chi connectivity index (χ4v) is 5.82. The van der Waals surface area contributed by atoms with Crippen molar-refractivity contribution in [2.45, 2.75) is 38.6 Å². The number of hydrogen-bond donors (Lipinski definition) is 1. The molecular weight excluding hydrogens is 539 g/mol. The Morgan fingerprint density at radius 2 is 1.79 bits per heavy atom. The Balaban J connectivity index is 1.29. The number of anilines is 3. The minimum atomic E-state index is 0.468. The first-order chi connectivity index (χ1) is 16.7. The van der Waals surface area contributed by atoms with Crippen LogP contribution in [0.5, 0.6) is 0 Å². The van der Waals surface area contributed by atoms with Crippen molar-refractivity contribution in [2.75, 3.05) is 42.9 Å². The van der Waals surface area contributed by atoms with Crippen LogP contribution < -0.4 is 10.2 Å². The van der Waals surface area contributed by atoms with E-state index in [0.29, 0.717) is 12.0 Å². The van der Waals surface area contributed by atoms with Gasteiger partial charge in [0.2, 0.25) is 5.95 Å². The molecule has 1 saturated heterocycles. The normalized spacial score (nSPS) is 17.8. The molecule has 5 heterocycles. The van der Waals surface area contributed by atoms with Crippen LogP contribution in [0.2, 0.25) is 0 Å². The Labute approximate surface area is 212 Å². The molecule has 34 heavy (non-hydrogen) atoms. The van der Waals surface area contributed by atoms with E-state index < -0.39 is 0 Å². The molecule has 176 valence electrons. The van der Waals surface area contributed by atoms with Gasteiger partial charge in [-0.25, -0.2) is 15.0 Å². The van der Waals surface area contributed by atoms with Crippen LogP contribution in [-0.4, -0.2) is 62.1 Å². The lowest BCUT2D eigenvalue weighted by Gasteiger charge is -2.35. The monoisotopic (exact) mass is 568 g/mol. The third kappa shape index (κ3) is 4.08. The van der Waals surface area contributed by atoms with Gasteiger partial charge < -0.3 is 19.7 Å². The molecule has 1 saturated carbocycles. The standard InChI is InChI=1S/C25H29IN8/c1-2-32-9-11-33(12-10-32)18-7-8-23(28-14-18)30-25-29-15-20-19-13-22(26)27-16-21(19)34(24(20)31-25)17-5-3-4-6-17/h7-8,13-17H,2-6,9-12H2,1H3,(H,28,29,30,31). The van der Waals surface area contributed by atoms with Crippen molar-refractivity contribution in [1.82, 2.24) is 29.4 Å². The molecule has 0 bridgehead atoms. The second-order valence-corrected chi connectivity index (χ2v) is 10.3. The fourth-order valence-electron chi connectivity index (χ4n) is 5.37. The van der Waals surface area contributed by atoms with Gasteiger partial charge in [-0.05, 0) is 60.2 Å². The van der Waals surface area contributed by atoms with Gasteiger partial charge in [0.05, 0.1) is 23.6 Å². The third-order valence-electron chi connectivity index (χ3n) is 7.26. The predicted molar refractivity (Wildman–Crippen MR) is 145 cm³/mol. The van der Waals surface area contributed by atoms with Crippen molar-refractivity contribution < 1.29 is 0 Å². The van der Waals surface area contributed by atoms with E-state index >= 15 is 0 Å². The van der Waals surface area contributed by atoms with Gasteiger partial charge in [-0.1, -0.05) is 19.8 Å². The number of fused-ring (bicyclic) bond motifs is 3. The zero-order valence-corrected chi connectivity index (χ0v) is 21.6. The van der Waals surface area contributed by atoms with Gasteiger partial charge in [0, 0.05) is 49.2 Å². The number of piperazine rings is 1. The van der Waals surface area contributed by atoms with Crippen LogP contribution in [0.3, 0.4) is 0 Å². The van der Waals surface area contributed by atoms with Gasteiger partial charge in [-0.3, -0.25) is 0 Å². The number of likely N-dealkylation sites (N-methyl/N-ethyl adjacent to an activating group) is 1. The van der Waals surface area contributed by atoms with E-state index in [-0.39, 0.29) is 0 Å². The summed E-state index contributed by atoms with van der Waals surface area (Å²) in [5, 5.41) is 5.59. The Hall–Kier alpha value is -2.53. The predicted octanol–water partition coefficient (Wildman–Crippen LogP) is 4.98. The molecule has 8 nitrogen and oxygen atoms in total. The largest absolute Gasteiger partial charge is 0.368 e. The van der Waals surface area contributed by atoms with Crippen LogP contribution in [0.15, 0.2) is 36.8 Å². The van der Waals surface area contributed by atoms with Gasteiger partial charge >= 0.3 is 0 Å². The number of aromatic nitrogens is 5. The van der Waals surface area contributed by atoms with Crippen LogP contribution in [0.4, 0.5) is 17.5 Å². The highest BCUT2D eigenvalue weighted by Crippen LogP contribution is 2.38. The molecule has 6 rings (SSSR count). The molecule has 1 aliphatic carbocycles. The van der Waals surface area contributed by atoms with Gasteiger partial charge in [0.15, 0.2) is 0 Å². The first-order valence-electron chi connectivity index (χ1n) is 12.2. The van der Waals surface area contributed by atoms with Crippen LogP contribution in [0.1, 0.15) is 38.6 Å². The number of pyridine rings is 2. The highest BCUT2D eigenvalue weighted by Gasteiger charge is 2.24. The minimum Gasteiger partial charge on any atom is -0.368 e. The summed E-state index contributed by atoms with van der Waals surface area (Å²) in [7, 11) is 0. The average molecular weight is 568 g/mol. The molecule has 0 aromatic carbocycles. The molecule has 9 heteroatoms. The SMILES string of the molecule is CCN1CCN(c2ccc(Nc3ncc4c5cc(I)ncc5n(C5CCCC5)c4n3)nc2)CC1. The Kier molecular flexibility index (Phi) is 5.98. The molecule has 2 aliphatic rings. The second kappa shape index (κ2) is 9.26. The Morgan fingerprint density at radius 3 is 2.53 bits per heavy atom. The van der Waals surface area contributed by atoms with E-state index in [2.05, 4.69) is 76.3 Å².